The molecule has 0 bridgehead atoms. The highest BCUT2D eigenvalue weighted by atomic mass is 35.5. The maximum Gasteiger partial charge on any atom is 0.253 e. The molecule has 2 fully saturated rings. The molecule has 0 aliphatic carbocycles. The number of ether oxygens (including phenoxy) is 1. The lowest BCUT2D eigenvalue weighted by Gasteiger charge is -2.30. The van der Waals surface area contributed by atoms with Gasteiger partial charge in [0.1, 0.15) is 0 Å². The van der Waals surface area contributed by atoms with E-state index in [1.807, 2.05) is 35.2 Å². The van der Waals surface area contributed by atoms with E-state index in [4.69, 9.17) is 16.3 Å². The summed E-state index contributed by atoms with van der Waals surface area (Å²) in [5.74, 6) is -0.192. The summed E-state index contributed by atoms with van der Waals surface area (Å²) in [5, 5.41) is 0.598. The predicted molar refractivity (Wildman–Crippen MR) is 107 cm³/mol. The monoisotopic (exact) mass is 398 g/mol. The number of nitrogens with zero attached hydrogens (tertiary/aromatic N) is 2. The van der Waals surface area contributed by atoms with Crippen molar-refractivity contribution < 1.29 is 14.3 Å². The van der Waals surface area contributed by atoms with Gasteiger partial charge < -0.3 is 14.5 Å². The molecule has 0 saturated carbocycles. The van der Waals surface area contributed by atoms with Crippen LogP contribution in [0.4, 0.5) is 0 Å². The van der Waals surface area contributed by atoms with Crippen molar-refractivity contribution in [2.45, 2.75) is 5.92 Å². The molecule has 2 saturated heterocycles. The predicted octanol–water partition coefficient (Wildman–Crippen LogP) is 3.05. The number of carbonyl (C=O) groups excluding carboxylic acids is 2. The van der Waals surface area contributed by atoms with Crippen LogP contribution in [0.5, 0.6) is 0 Å². The molecule has 0 spiro atoms. The van der Waals surface area contributed by atoms with Crippen molar-refractivity contribution in [1.82, 2.24) is 9.80 Å². The lowest BCUT2D eigenvalue weighted by atomic mass is 9.88. The van der Waals surface area contributed by atoms with E-state index in [1.165, 1.54) is 0 Å². The quantitative estimate of drug-likeness (QED) is 0.798. The summed E-state index contributed by atoms with van der Waals surface area (Å²) in [6.45, 7) is 3.33. The van der Waals surface area contributed by atoms with Gasteiger partial charge in [-0.05, 0) is 29.8 Å². The molecule has 2 heterocycles. The van der Waals surface area contributed by atoms with Crippen LogP contribution in [-0.2, 0) is 9.53 Å². The molecule has 2 atom stereocenters. The van der Waals surface area contributed by atoms with Gasteiger partial charge in [0.2, 0.25) is 5.91 Å². The number of carbonyl (C=O) groups is 2. The third-order valence-electron chi connectivity index (χ3n) is 5.57. The van der Waals surface area contributed by atoms with Crippen LogP contribution in [0.25, 0.3) is 0 Å². The summed E-state index contributed by atoms with van der Waals surface area (Å²) in [7, 11) is 0. The second-order valence-corrected chi connectivity index (χ2v) is 7.71. The zero-order chi connectivity index (χ0) is 19.5. The first-order valence-corrected chi connectivity index (χ1v) is 9.97. The minimum absolute atomic E-state index is 0.00667. The summed E-state index contributed by atoms with van der Waals surface area (Å²) in [6, 6.07) is 16.9. The van der Waals surface area contributed by atoms with Gasteiger partial charge in [-0.2, -0.15) is 0 Å². The molecule has 2 aliphatic rings. The number of halogens is 1. The van der Waals surface area contributed by atoms with Crippen molar-refractivity contribution in [3.63, 3.8) is 0 Å². The standard InChI is InChI=1S/C22H23ClN2O3/c23-18-8-6-17(7-9-18)21(26)25-14-19(16-4-2-1-3-5-16)20(15-25)22(27)24-10-12-28-13-11-24/h1-9,19-20H,10-15H2/t19-,20+/m1/s1. The molecule has 28 heavy (non-hydrogen) atoms. The maximum absolute atomic E-state index is 13.2. The highest BCUT2D eigenvalue weighted by Gasteiger charge is 2.42. The average Bonchev–Trinajstić information content (AvgIpc) is 3.20. The number of amides is 2. The summed E-state index contributed by atoms with van der Waals surface area (Å²) < 4.78 is 5.38. The van der Waals surface area contributed by atoms with E-state index < -0.39 is 0 Å². The summed E-state index contributed by atoms with van der Waals surface area (Å²) >= 11 is 5.94. The SMILES string of the molecule is O=C(c1ccc(Cl)cc1)N1C[C@H](C(=O)N2CCOCC2)[C@@H](c2ccccc2)C1. The summed E-state index contributed by atoms with van der Waals surface area (Å²) in [6.07, 6.45) is 0. The van der Waals surface area contributed by atoms with Gasteiger partial charge in [-0.1, -0.05) is 41.9 Å². The normalized spacial score (nSPS) is 22.3. The molecular weight excluding hydrogens is 376 g/mol. The number of morpholine rings is 1. The van der Waals surface area contributed by atoms with Crippen LogP contribution in [0.3, 0.4) is 0 Å². The van der Waals surface area contributed by atoms with E-state index in [1.54, 1.807) is 29.2 Å². The fraction of sp³-hybridized carbons (Fsp3) is 0.364. The molecule has 0 aromatic heterocycles. The smallest absolute Gasteiger partial charge is 0.253 e. The van der Waals surface area contributed by atoms with Crippen LogP contribution in [0, 0.1) is 5.92 Å². The first-order chi connectivity index (χ1) is 13.6. The minimum atomic E-state index is -0.239. The van der Waals surface area contributed by atoms with Crippen LogP contribution in [0.1, 0.15) is 21.8 Å². The number of hydrogen-bond donors (Lipinski definition) is 0. The number of benzene rings is 2. The molecule has 146 valence electrons. The maximum atomic E-state index is 13.2. The fourth-order valence-electron chi connectivity index (χ4n) is 4.05. The van der Waals surface area contributed by atoms with Gasteiger partial charge in [0.25, 0.3) is 5.91 Å². The van der Waals surface area contributed by atoms with Gasteiger partial charge in [0.05, 0.1) is 19.1 Å². The van der Waals surface area contributed by atoms with Crippen LogP contribution in [-0.4, -0.2) is 61.0 Å². The Kier molecular flexibility index (Phi) is 5.64. The highest BCUT2D eigenvalue weighted by Crippen LogP contribution is 2.35. The molecule has 0 unspecified atom stereocenters. The van der Waals surface area contributed by atoms with Crippen molar-refractivity contribution >= 4 is 23.4 Å². The third kappa shape index (κ3) is 3.91. The van der Waals surface area contributed by atoms with Gasteiger partial charge >= 0.3 is 0 Å². The van der Waals surface area contributed by atoms with Crippen molar-refractivity contribution in [1.29, 1.82) is 0 Å². The zero-order valence-electron chi connectivity index (χ0n) is 15.6. The van der Waals surface area contributed by atoms with E-state index in [2.05, 4.69) is 0 Å². The van der Waals surface area contributed by atoms with Crippen LogP contribution in [0.15, 0.2) is 54.6 Å². The van der Waals surface area contributed by atoms with E-state index in [9.17, 15) is 9.59 Å². The third-order valence-corrected chi connectivity index (χ3v) is 5.82. The van der Waals surface area contributed by atoms with Crippen molar-refractivity contribution in [3.8, 4) is 0 Å². The summed E-state index contributed by atoms with van der Waals surface area (Å²) in [5.41, 5.74) is 1.69. The first-order valence-electron chi connectivity index (χ1n) is 9.60. The molecule has 5 nitrogen and oxygen atoms in total. The Hall–Kier alpha value is -2.37. The minimum Gasteiger partial charge on any atom is -0.378 e. The van der Waals surface area contributed by atoms with E-state index in [0.29, 0.717) is 50.0 Å². The lowest BCUT2D eigenvalue weighted by molar-refractivity contribution is -0.139. The Morgan fingerprint density at radius 3 is 2.25 bits per heavy atom. The Bertz CT molecular complexity index is 835. The van der Waals surface area contributed by atoms with Gasteiger partial charge in [0.15, 0.2) is 0 Å². The molecule has 6 heteroatoms. The first kappa shape index (κ1) is 19.0. The zero-order valence-corrected chi connectivity index (χ0v) is 16.3. The number of hydrogen-bond acceptors (Lipinski definition) is 3. The largest absolute Gasteiger partial charge is 0.378 e. The van der Waals surface area contributed by atoms with Crippen LogP contribution < -0.4 is 0 Å². The molecule has 0 radical (unpaired) electrons. The second-order valence-electron chi connectivity index (χ2n) is 7.28. The molecule has 2 amide bonds. The van der Waals surface area contributed by atoms with E-state index >= 15 is 0 Å². The van der Waals surface area contributed by atoms with Crippen LogP contribution >= 0.6 is 11.6 Å². The summed E-state index contributed by atoms with van der Waals surface area (Å²) in [4.78, 5) is 29.9. The van der Waals surface area contributed by atoms with Crippen molar-refractivity contribution in [3.05, 3.63) is 70.7 Å². The number of likely N-dealkylation sites (tertiary alicyclic amines) is 1. The van der Waals surface area contributed by atoms with Crippen LogP contribution in [0.2, 0.25) is 5.02 Å². The van der Waals surface area contributed by atoms with E-state index in [0.717, 1.165) is 5.56 Å². The fourth-order valence-corrected chi connectivity index (χ4v) is 4.18. The molecular formula is C22H23ClN2O3. The average molecular weight is 399 g/mol. The van der Waals surface area contributed by atoms with Gasteiger partial charge in [-0.25, -0.2) is 0 Å². The Balaban J connectivity index is 1.58. The highest BCUT2D eigenvalue weighted by molar-refractivity contribution is 6.30. The Morgan fingerprint density at radius 2 is 1.57 bits per heavy atom. The molecule has 2 aromatic rings. The molecule has 0 N–H and O–H groups in total. The van der Waals surface area contributed by atoms with E-state index in [-0.39, 0.29) is 23.7 Å². The van der Waals surface area contributed by atoms with Gasteiger partial charge in [-0.3, -0.25) is 9.59 Å². The lowest BCUT2D eigenvalue weighted by Crippen LogP contribution is -2.45. The molecule has 2 aliphatic heterocycles. The number of rotatable bonds is 3. The molecule has 2 aromatic carbocycles. The topological polar surface area (TPSA) is 49.9 Å². The second kappa shape index (κ2) is 8.33. The Labute approximate surface area is 169 Å². The van der Waals surface area contributed by atoms with Crippen molar-refractivity contribution in [2.75, 3.05) is 39.4 Å². The molecule has 4 rings (SSSR count). The van der Waals surface area contributed by atoms with Crippen molar-refractivity contribution in [2.24, 2.45) is 5.92 Å². The van der Waals surface area contributed by atoms with Gasteiger partial charge in [-0.15, -0.1) is 0 Å². The van der Waals surface area contributed by atoms with Gasteiger partial charge in [0, 0.05) is 42.7 Å². The Morgan fingerprint density at radius 1 is 0.893 bits per heavy atom.